The maximum atomic E-state index is 6.64. The summed E-state index contributed by atoms with van der Waals surface area (Å²) in [4.78, 5) is 21.8. The van der Waals surface area contributed by atoms with Crippen LogP contribution in [0.2, 0.25) is 0 Å². The lowest BCUT2D eigenvalue weighted by Gasteiger charge is -2.28. The molecule has 2 unspecified atom stereocenters. The summed E-state index contributed by atoms with van der Waals surface area (Å²) in [6, 6.07) is 82.5. The molecule has 8 heteroatoms. The van der Waals surface area contributed by atoms with Gasteiger partial charge in [0.2, 0.25) is 0 Å². The third kappa shape index (κ3) is 8.95. The van der Waals surface area contributed by atoms with Gasteiger partial charge in [0.1, 0.15) is 24.7 Å². The molecule has 0 spiro atoms. The Morgan fingerprint density at radius 3 is 1.50 bits per heavy atom. The van der Waals surface area contributed by atoms with Crippen LogP contribution in [0.15, 0.2) is 266 Å². The number of hydrogen-bond acceptors (Lipinski definition) is 7. The summed E-state index contributed by atoms with van der Waals surface area (Å²) in [5, 5.41) is 2.12. The van der Waals surface area contributed by atoms with Gasteiger partial charge in [0.25, 0.3) is 0 Å². The summed E-state index contributed by atoms with van der Waals surface area (Å²) < 4.78 is 15.6. The van der Waals surface area contributed by atoms with E-state index in [0.717, 1.165) is 118 Å². The average Bonchev–Trinajstić information content (AvgIpc) is 4.27. The topological polar surface area (TPSA) is 77.7 Å². The number of aliphatic imine (C=N–C) groups is 1. The standard InChI is InChI=1S/C70H50N6O2/c1-5-15-49(16-6-1)63-35-47(36-64(73-63)50-17-7-2-8-18-50)45-77-57-27-29-67-59(41-57)61-43-71-33-31-69(61)75(67)55-25-13-23-53(39-55)54-24-14-26-56(40-54)76-68-30-28-58(42-60(68)62-44-72-34-32-70(62)76)78-46-48-37-65(51-19-9-3-10-20-51)74-66(38-48)52-21-11-4-12-22-52/h1-44,61,69H,45-46H2. The van der Waals surface area contributed by atoms with Gasteiger partial charge in [-0.05, 0) is 125 Å². The molecule has 78 heavy (non-hydrogen) atoms. The molecule has 4 aromatic heterocycles. The maximum absolute atomic E-state index is 6.64. The SMILES string of the molecule is C1=CC2C(C=N1)c1cc(OCc3cc(-c4ccccc4)nc(-c4ccccc4)c3)ccc1N2c1cccc(-c2cccc(-n3c4ccncc4c4cc(OCc5cc(-c6ccccc6)nc(-c6ccccc6)c5)ccc43)c2)c1. The molecular weight excluding hydrogens is 957 g/mol. The number of benzene rings is 8. The normalized spacial score (nSPS) is 14.4. The van der Waals surface area contributed by atoms with Crippen molar-refractivity contribution < 1.29 is 9.47 Å². The molecule has 8 aromatic carbocycles. The summed E-state index contributed by atoms with van der Waals surface area (Å²) in [5.41, 5.74) is 18.9. The molecule has 2 atom stereocenters. The van der Waals surface area contributed by atoms with Crippen molar-refractivity contribution in [1.82, 2.24) is 19.5 Å². The van der Waals surface area contributed by atoms with Gasteiger partial charge >= 0.3 is 0 Å². The van der Waals surface area contributed by atoms with Crippen LogP contribution in [0.1, 0.15) is 22.6 Å². The van der Waals surface area contributed by atoms with E-state index in [9.17, 15) is 0 Å². The highest BCUT2D eigenvalue weighted by Crippen LogP contribution is 2.48. The van der Waals surface area contributed by atoms with Gasteiger partial charge in [0.15, 0.2) is 0 Å². The Morgan fingerprint density at radius 1 is 0.423 bits per heavy atom. The van der Waals surface area contributed by atoms with Crippen LogP contribution in [0.25, 0.3) is 83.6 Å². The van der Waals surface area contributed by atoms with Crippen LogP contribution in [0, 0.1) is 0 Å². The lowest BCUT2D eigenvalue weighted by Crippen LogP contribution is -2.29. The van der Waals surface area contributed by atoms with Gasteiger partial charge in [0, 0.05) is 80.8 Å². The highest BCUT2D eigenvalue weighted by molar-refractivity contribution is 6.09. The minimum atomic E-state index is 0.0553. The minimum absolute atomic E-state index is 0.0553. The Kier molecular flexibility index (Phi) is 12.0. The molecule has 8 nitrogen and oxygen atoms in total. The second kappa shape index (κ2) is 20.2. The second-order valence-electron chi connectivity index (χ2n) is 19.8. The van der Waals surface area contributed by atoms with Crippen LogP contribution in [-0.4, -0.2) is 31.8 Å². The largest absolute Gasteiger partial charge is 0.489 e. The number of anilines is 2. The van der Waals surface area contributed by atoms with Crippen LogP contribution in [0.3, 0.4) is 0 Å². The third-order valence-electron chi connectivity index (χ3n) is 14.9. The number of pyridine rings is 3. The first-order chi connectivity index (χ1) is 38.6. The van der Waals surface area contributed by atoms with Gasteiger partial charge in [-0.25, -0.2) is 9.97 Å². The third-order valence-corrected chi connectivity index (χ3v) is 14.9. The van der Waals surface area contributed by atoms with E-state index in [1.165, 1.54) is 5.56 Å². The molecule has 0 aliphatic carbocycles. The lowest BCUT2D eigenvalue weighted by molar-refractivity contribution is 0.306. The molecule has 6 heterocycles. The molecule has 2 aliphatic rings. The Labute approximate surface area is 452 Å². The minimum Gasteiger partial charge on any atom is -0.489 e. The fourth-order valence-corrected chi connectivity index (χ4v) is 11.2. The van der Waals surface area contributed by atoms with E-state index in [2.05, 4.69) is 196 Å². The molecule has 12 aromatic rings. The van der Waals surface area contributed by atoms with Crippen molar-refractivity contribution in [3.05, 3.63) is 278 Å². The van der Waals surface area contributed by atoms with Gasteiger partial charge in [-0.1, -0.05) is 146 Å². The molecule has 0 fully saturated rings. The summed E-state index contributed by atoms with van der Waals surface area (Å²) in [6.07, 6.45) is 10.0. The van der Waals surface area contributed by atoms with Crippen LogP contribution in [0.4, 0.5) is 11.4 Å². The Morgan fingerprint density at radius 2 is 0.923 bits per heavy atom. The summed E-state index contributed by atoms with van der Waals surface area (Å²) in [6.45, 7) is 0.782. The molecule has 0 N–H and O–H groups in total. The molecular formula is C70H50N6O2. The predicted molar refractivity (Wildman–Crippen MR) is 316 cm³/mol. The van der Waals surface area contributed by atoms with Gasteiger partial charge in [-0.3, -0.25) is 9.98 Å². The number of ether oxygens (including phenoxy) is 2. The van der Waals surface area contributed by atoms with E-state index < -0.39 is 0 Å². The van der Waals surface area contributed by atoms with Crippen LogP contribution < -0.4 is 14.4 Å². The van der Waals surface area contributed by atoms with Gasteiger partial charge in [-0.15, -0.1) is 0 Å². The van der Waals surface area contributed by atoms with E-state index in [4.69, 9.17) is 19.4 Å². The predicted octanol–water partition coefficient (Wildman–Crippen LogP) is 16.7. The van der Waals surface area contributed by atoms with Crippen LogP contribution in [0.5, 0.6) is 11.5 Å². The quantitative estimate of drug-likeness (QED) is 0.115. The van der Waals surface area contributed by atoms with Crippen LogP contribution in [-0.2, 0) is 13.2 Å². The molecule has 0 saturated heterocycles. The monoisotopic (exact) mass is 1010 g/mol. The van der Waals surface area contributed by atoms with E-state index in [0.29, 0.717) is 13.2 Å². The number of fused-ring (bicyclic) bond motifs is 6. The van der Waals surface area contributed by atoms with Crippen molar-refractivity contribution >= 4 is 39.4 Å². The van der Waals surface area contributed by atoms with Crippen molar-refractivity contribution in [2.45, 2.75) is 25.2 Å². The highest BCUT2D eigenvalue weighted by atomic mass is 16.5. The zero-order valence-corrected chi connectivity index (χ0v) is 42.5. The Bertz CT molecular complexity index is 4120. The Balaban J connectivity index is 0.742. The van der Waals surface area contributed by atoms with E-state index in [-0.39, 0.29) is 12.0 Å². The first-order valence-electron chi connectivity index (χ1n) is 26.3. The number of nitrogens with zero attached hydrogens (tertiary/aromatic N) is 6. The molecule has 0 amide bonds. The molecule has 2 aliphatic heterocycles. The number of rotatable bonds is 13. The highest BCUT2D eigenvalue weighted by Gasteiger charge is 2.38. The zero-order chi connectivity index (χ0) is 51.8. The Hall–Kier alpha value is -10.2. The molecule has 14 rings (SSSR count). The van der Waals surface area contributed by atoms with Crippen molar-refractivity contribution in [2.24, 2.45) is 4.99 Å². The molecule has 372 valence electrons. The zero-order valence-electron chi connectivity index (χ0n) is 42.5. The average molecular weight is 1010 g/mol. The van der Waals surface area contributed by atoms with Crippen molar-refractivity contribution in [2.75, 3.05) is 4.90 Å². The van der Waals surface area contributed by atoms with E-state index in [1.54, 1.807) is 0 Å². The smallest absolute Gasteiger partial charge is 0.120 e. The van der Waals surface area contributed by atoms with E-state index >= 15 is 0 Å². The number of hydrogen-bond donors (Lipinski definition) is 0. The molecule has 0 radical (unpaired) electrons. The van der Waals surface area contributed by atoms with Crippen molar-refractivity contribution in [3.63, 3.8) is 0 Å². The van der Waals surface area contributed by atoms with E-state index in [1.807, 2.05) is 91.4 Å². The second-order valence-corrected chi connectivity index (χ2v) is 19.8. The fraction of sp³-hybridized carbons (Fsp3) is 0.0571. The van der Waals surface area contributed by atoms with Crippen molar-refractivity contribution in [3.8, 4) is 73.3 Å². The molecule has 0 saturated carbocycles. The summed E-state index contributed by atoms with van der Waals surface area (Å²) in [7, 11) is 0. The first-order valence-corrected chi connectivity index (χ1v) is 26.3. The van der Waals surface area contributed by atoms with Crippen molar-refractivity contribution in [1.29, 1.82) is 0 Å². The first kappa shape index (κ1) is 46.4. The van der Waals surface area contributed by atoms with Gasteiger partial charge in [0.05, 0.1) is 39.9 Å². The fourth-order valence-electron chi connectivity index (χ4n) is 11.2. The lowest BCUT2D eigenvalue weighted by atomic mass is 9.94. The van der Waals surface area contributed by atoms with Gasteiger partial charge in [-0.2, -0.15) is 0 Å². The van der Waals surface area contributed by atoms with Gasteiger partial charge < -0.3 is 18.9 Å². The summed E-state index contributed by atoms with van der Waals surface area (Å²) >= 11 is 0. The molecule has 0 bridgehead atoms. The maximum Gasteiger partial charge on any atom is 0.120 e. The number of aromatic nitrogens is 4. The summed E-state index contributed by atoms with van der Waals surface area (Å²) in [5.74, 6) is 1.65. The van der Waals surface area contributed by atoms with Crippen LogP contribution >= 0.6 is 0 Å².